The molecule has 6 heteroatoms. The zero-order valence-corrected chi connectivity index (χ0v) is 15.8. The Hall–Kier alpha value is -3.93. The average Bonchev–Trinajstić information content (AvgIpc) is 2.76. The first-order chi connectivity index (χ1) is 14.1. The lowest BCUT2D eigenvalue weighted by atomic mass is 10.1. The van der Waals surface area contributed by atoms with Gasteiger partial charge >= 0.3 is 0 Å². The maximum absolute atomic E-state index is 12.5. The summed E-state index contributed by atoms with van der Waals surface area (Å²) in [4.78, 5) is 29.1. The number of benzene rings is 3. The zero-order chi connectivity index (χ0) is 20.2. The molecule has 0 aliphatic heterocycles. The Balaban J connectivity index is 1.40. The van der Waals surface area contributed by atoms with E-state index in [0.717, 1.165) is 10.8 Å². The third-order valence-electron chi connectivity index (χ3n) is 4.60. The van der Waals surface area contributed by atoms with Crippen LogP contribution in [0.4, 0.5) is 0 Å². The van der Waals surface area contributed by atoms with E-state index in [0.29, 0.717) is 22.2 Å². The van der Waals surface area contributed by atoms with Crippen LogP contribution in [-0.4, -0.2) is 22.9 Å². The van der Waals surface area contributed by atoms with Gasteiger partial charge in [0.2, 0.25) is 0 Å². The molecule has 0 aliphatic carbocycles. The van der Waals surface area contributed by atoms with Crippen LogP contribution in [0, 0.1) is 0 Å². The molecule has 3 aromatic carbocycles. The molecule has 1 heterocycles. The monoisotopic (exact) mass is 385 g/mol. The highest BCUT2D eigenvalue weighted by molar-refractivity contribution is 6.06. The van der Waals surface area contributed by atoms with Crippen molar-refractivity contribution in [2.24, 2.45) is 0 Å². The summed E-state index contributed by atoms with van der Waals surface area (Å²) in [6.45, 7) is 1.62. The molecule has 1 atom stereocenters. The lowest BCUT2D eigenvalue weighted by Gasteiger charge is -2.16. The molecule has 4 aromatic rings. The van der Waals surface area contributed by atoms with Crippen LogP contribution in [0.3, 0.4) is 0 Å². The molecule has 0 saturated carbocycles. The number of fused-ring (bicyclic) bond motifs is 2. The molecule has 0 saturated heterocycles. The van der Waals surface area contributed by atoms with Crippen LogP contribution < -0.4 is 15.6 Å². The van der Waals surface area contributed by atoms with Gasteiger partial charge in [-0.05, 0) is 42.0 Å². The summed E-state index contributed by atoms with van der Waals surface area (Å²) in [5.74, 6) is -0.294. The molecular weight excluding hydrogens is 366 g/mol. The number of carbonyl (C=O) groups is 2. The second kappa shape index (κ2) is 7.98. The first kappa shape index (κ1) is 18.4. The fourth-order valence-corrected chi connectivity index (χ4v) is 3.08. The number of hydrogen-bond acceptors (Lipinski definition) is 4. The predicted octanol–water partition coefficient (Wildman–Crippen LogP) is 3.62. The minimum atomic E-state index is -0.786. The summed E-state index contributed by atoms with van der Waals surface area (Å²) in [6, 6.07) is 22.4. The summed E-state index contributed by atoms with van der Waals surface area (Å²) in [6.07, 6.45) is 0.774. The molecule has 1 unspecified atom stereocenters. The molecule has 0 spiro atoms. The van der Waals surface area contributed by atoms with Crippen LogP contribution in [-0.2, 0) is 4.79 Å². The standard InChI is InChI=1S/C23H19N3O3/c1-15(29-18-11-10-16-6-2-3-7-17(16)14-18)22(27)25-26-23(28)20-12-13-24-21-9-5-4-8-19(20)21/h2-15H,1H3,(H,25,27)(H,26,28). The van der Waals surface area contributed by atoms with Crippen LogP contribution in [0.1, 0.15) is 17.3 Å². The Bertz CT molecular complexity index is 1200. The van der Waals surface area contributed by atoms with Gasteiger partial charge < -0.3 is 4.74 Å². The van der Waals surface area contributed by atoms with Crippen LogP contribution in [0.25, 0.3) is 21.7 Å². The zero-order valence-electron chi connectivity index (χ0n) is 15.8. The van der Waals surface area contributed by atoms with Crippen molar-refractivity contribution in [1.29, 1.82) is 0 Å². The Morgan fingerprint density at radius 3 is 2.52 bits per heavy atom. The van der Waals surface area contributed by atoms with Gasteiger partial charge in [0.1, 0.15) is 5.75 Å². The van der Waals surface area contributed by atoms with Crippen molar-refractivity contribution in [3.05, 3.63) is 84.6 Å². The lowest BCUT2D eigenvalue weighted by molar-refractivity contribution is -0.128. The highest BCUT2D eigenvalue weighted by Gasteiger charge is 2.17. The van der Waals surface area contributed by atoms with Crippen molar-refractivity contribution in [3.63, 3.8) is 0 Å². The number of hydrogen-bond donors (Lipinski definition) is 2. The quantitative estimate of drug-likeness (QED) is 0.526. The van der Waals surface area contributed by atoms with Gasteiger partial charge in [-0.25, -0.2) is 0 Å². The second-order valence-corrected chi connectivity index (χ2v) is 6.59. The van der Waals surface area contributed by atoms with E-state index in [1.165, 1.54) is 0 Å². The van der Waals surface area contributed by atoms with E-state index >= 15 is 0 Å². The summed E-state index contributed by atoms with van der Waals surface area (Å²) in [5.41, 5.74) is 6.00. The first-order valence-corrected chi connectivity index (χ1v) is 9.21. The maximum Gasteiger partial charge on any atom is 0.279 e. The van der Waals surface area contributed by atoms with Crippen LogP contribution >= 0.6 is 0 Å². The molecule has 0 bridgehead atoms. The summed E-state index contributed by atoms with van der Waals surface area (Å²) < 4.78 is 5.72. The minimum absolute atomic E-state index is 0.421. The maximum atomic E-state index is 12.5. The Morgan fingerprint density at radius 2 is 1.66 bits per heavy atom. The van der Waals surface area contributed by atoms with Crippen molar-refractivity contribution >= 4 is 33.5 Å². The van der Waals surface area contributed by atoms with E-state index in [1.54, 1.807) is 19.2 Å². The number of para-hydroxylation sites is 1. The molecule has 0 aliphatic rings. The van der Waals surface area contributed by atoms with E-state index < -0.39 is 17.9 Å². The Morgan fingerprint density at radius 1 is 0.897 bits per heavy atom. The third-order valence-corrected chi connectivity index (χ3v) is 4.60. The van der Waals surface area contributed by atoms with Crippen molar-refractivity contribution in [2.75, 3.05) is 0 Å². The fraction of sp³-hybridized carbons (Fsp3) is 0.0870. The van der Waals surface area contributed by atoms with Gasteiger partial charge in [0.25, 0.3) is 11.8 Å². The largest absolute Gasteiger partial charge is 0.481 e. The molecule has 144 valence electrons. The topological polar surface area (TPSA) is 80.3 Å². The number of pyridine rings is 1. The number of rotatable bonds is 4. The molecular formula is C23H19N3O3. The number of nitrogens with zero attached hydrogens (tertiary/aromatic N) is 1. The van der Waals surface area contributed by atoms with Crippen LogP contribution in [0.5, 0.6) is 5.75 Å². The van der Waals surface area contributed by atoms with E-state index in [9.17, 15) is 9.59 Å². The summed E-state index contributed by atoms with van der Waals surface area (Å²) in [5, 5.41) is 2.83. The molecule has 0 fully saturated rings. The van der Waals surface area contributed by atoms with Gasteiger partial charge in [-0.3, -0.25) is 25.4 Å². The van der Waals surface area contributed by atoms with Crippen LogP contribution in [0.15, 0.2) is 79.0 Å². The predicted molar refractivity (Wildman–Crippen MR) is 111 cm³/mol. The van der Waals surface area contributed by atoms with E-state index in [1.807, 2.05) is 66.7 Å². The lowest BCUT2D eigenvalue weighted by Crippen LogP contribution is -2.47. The molecule has 4 rings (SSSR count). The number of amides is 2. The molecule has 29 heavy (non-hydrogen) atoms. The van der Waals surface area contributed by atoms with Crippen LogP contribution in [0.2, 0.25) is 0 Å². The molecule has 6 nitrogen and oxygen atoms in total. The minimum Gasteiger partial charge on any atom is -0.481 e. The summed E-state index contributed by atoms with van der Waals surface area (Å²) in [7, 11) is 0. The van der Waals surface area contributed by atoms with E-state index in [2.05, 4.69) is 15.8 Å². The van der Waals surface area contributed by atoms with Gasteiger partial charge in [0.05, 0.1) is 11.1 Å². The smallest absolute Gasteiger partial charge is 0.279 e. The first-order valence-electron chi connectivity index (χ1n) is 9.21. The van der Waals surface area contributed by atoms with Crippen molar-refractivity contribution in [1.82, 2.24) is 15.8 Å². The normalized spacial score (nSPS) is 11.8. The summed E-state index contributed by atoms with van der Waals surface area (Å²) >= 11 is 0. The fourth-order valence-electron chi connectivity index (χ4n) is 3.08. The van der Waals surface area contributed by atoms with Gasteiger partial charge in [-0.15, -0.1) is 0 Å². The highest BCUT2D eigenvalue weighted by atomic mass is 16.5. The van der Waals surface area contributed by atoms with Gasteiger partial charge in [-0.2, -0.15) is 0 Å². The highest BCUT2D eigenvalue weighted by Crippen LogP contribution is 2.21. The SMILES string of the molecule is CC(Oc1ccc2ccccc2c1)C(=O)NNC(=O)c1ccnc2ccccc12. The number of carbonyl (C=O) groups excluding carboxylic acids is 2. The molecule has 2 amide bonds. The number of hydrazine groups is 1. The van der Waals surface area contributed by atoms with E-state index in [4.69, 9.17) is 4.74 Å². The van der Waals surface area contributed by atoms with Crippen molar-refractivity contribution < 1.29 is 14.3 Å². The Labute approximate surface area is 167 Å². The molecule has 2 N–H and O–H groups in total. The van der Waals surface area contributed by atoms with Gasteiger partial charge in [0.15, 0.2) is 6.10 Å². The van der Waals surface area contributed by atoms with Gasteiger partial charge in [0, 0.05) is 11.6 Å². The number of aromatic nitrogens is 1. The number of ether oxygens (including phenoxy) is 1. The van der Waals surface area contributed by atoms with Crippen molar-refractivity contribution in [2.45, 2.75) is 13.0 Å². The number of nitrogens with one attached hydrogen (secondary N) is 2. The Kier molecular flexibility index (Phi) is 5.07. The molecule has 0 radical (unpaired) electrons. The van der Waals surface area contributed by atoms with E-state index in [-0.39, 0.29) is 0 Å². The third kappa shape index (κ3) is 4.01. The molecule has 1 aromatic heterocycles. The second-order valence-electron chi connectivity index (χ2n) is 6.59. The van der Waals surface area contributed by atoms with Crippen molar-refractivity contribution in [3.8, 4) is 5.75 Å². The van der Waals surface area contributed by atoms with Gasteiger partial charge in [-0.1, -0.05) is 48.5 Å². The average molecular weight is 385 g/mol.